The van der Waals surface area contributed by atoms with E-state index in [0.717, 1.165) is 33.8 Å². The van der Waals surface area contributed by atoms with Gasteiger partial charge in [0.05, 0.1) is 34.6 Å². The second kappa shape index (κ2) is 9.01. The molecule has 1 saturated heterocycles. The van der Waals surface area contributed by atoms with Gasteiger partial charge in [-0.05, 0) is 36.8 Å². The first-order valence-electron chi connectivity index (χ1n) is 10.9. The van der Waals surface area contributed by atoms with Gasteiger partial charge >= 0.3 is 0 Å². The van der Waals surface area contributed by atoms with Crippen molar-refractivity contribution in [3.05, 3.63) is 59.2 Å². The Kier molecular flexibility index (Phi) is 5.92. The Hall–Kier alpha value is -3.14. The van der Waals surface area contributed by atoms with Crippen molar-refractivity contribution in [2.45, 2.75) is 6.92 Å². The van der Waals surface area contributed by atoms with Crippen molar-refractivity contribution in [1.82, 2.24) is 14.8 Å². The molecule has 0 saturated carbocycles. The first-order chi connectivity index (χ1) is 16.0. The number of ether oxygens (including phenoxy) is 1. The van der Waals surface area contributed by atoms with E-state index in [4.69, 9.17) is 4.74 Å². The lowest BCUT2D eigenvalue weighted by molar-refractivity contribution is -0.119. The van der Waals surface area contributed by atoms with Crippen LogP contribution >= 0.6 is 11.3 Å². The van der Waals surface area contributed by atoms with Gasteiger partial charge in [-0.15, -0.1) is 0 Å². The minimum absolute atomic E-state index is 0.315. The number of hydrogen-bond donors (Lipinski definition) is 0. The van der Waals surface area contributed by atoms with Gasteiger partial charge in [0, 0.05) is 26.2 Å². The largest absolute Gasteiger partial charge is 0.379 e. The monoisotopic (exact) mass is 464 g/mol. The van der Waals surface area contributed by atoms with Gasteiger partial charge in [-0.2, -0.15) is 0 Å². The fourth-order valence-electron chi connectivity index (χ4n) is 4.13. The fraction of sp³-hybridized carbons (Fsp3) is 0.333. The third-order valence-electron chi connectivity index (χ3n) is 5.98. The molecule has 170 valence electrons. The van der Waals surface area contributed by atoms with E-state index in [1.54, 1.807) is 29.2 Å². The number of carbonyl (C=O) groups excluding carboxylic acids is 3. The summed E-state index contributed by atoms with van der Waals surface area (Å²) in [4.78, 5) is 48.6. The van der Waals surface area contributed by atoms with Crippen LogP contribution in [-0.4, -0.2) is 78.4 Å². The van der Waals surface area contributed by atoms with Crippen LogP contribution in [0.4, 0.5) is 5.13 Å². The summed E-state index contributed by atoms with van der Waals surface area (Å²) in [6, 6.07) is 12.6. The molecule has 8 nitrogen and oxygen atoms in total. The average Bonchev–Trinajstić information content (AvgIpc) is 3.34. The molecular weight excluding hydrogens is 440 g/mol. The van der Waals surface area contributed by atoms with Crippen molar-refractivity contribution < 1.29 is 19.1 Å². The van der Waals surface area contributed by atoms with Crippen LogP contribution in [0, 0.1) is 6.92 Å². The SMILES string of the molecule is Cc1ccc2nc(N(CCN3CCOCC3)C(=O)CN3C(=O)c4ccccc4C3=O)sc2c1. The molecule has 0 unspecified atom stereocenters. The molecule has 5 rings (SSSR count). The van der Waals surface area contributed by atoms with E-state index in [1.807, 2.05) is 25.1 Å². The summed E-state index contributed by atoms with van der Waals surface area (Å²) >= 11 is 1.44. The highest BCUT2D eigenvalue weighted by Crippen LogP contribution is 2.30. The van der Waals surface area contributed by atoms with Gasteiger partial charge < -0.3 is 4.74 Å². The summed E-state index contributed by atoms with van der Waals surface area (Å²) in [5.74, 6) is -1.19. The molecule has 1 fully saturated rings. The highest BCUT2D eigenvalue weighted by molar-refractivity contribution is 7.22. The molecule has 0 spiro atoms. The van der Waals surface area contributed by atoms with Crippen LogP contribution in [0.3, 0.4) is 0 Å². The molecule has 0 radical (unpaired) electrons. The van der Waals surface area contributed by atoms with Crippen molar-refractivity contribution in [1.29, 1.82) is 0 Å². The molecule has 3 amide bonds. The smallest absolute Gasteiger partial charge is 0.262 e. The Morgan fingerprint density at radius 2 is 1.79 bits per heavy atom. The molecule has 0 atom stereocenters. The van der Waals surface area contributed by atoms with Gasteiger partial charge in [-0.1, -0.05) is 29.5 Å². The highest BCUT2D eigenvalue weighted by Gasteiger charge is 2.37. The summed E-state index contributed by atoms with van der Waals surface area (Å²) in [5.41, 5.74) is 2.62. The van der Waals surface area contributed by atoms with Gasteiger partial charge in [0.15, 0.2) is 5.13 Å². The number of imide groups is 1. The molecule has 9 heteroatoms. The Morgan fingerprint density at radius 3 is 2.48 bits per heavy atom. The van der Waals surface area contributed by atoms with E-state index >= 15 is 0 Å². The van der Waals surface area contributed by atoms with Crippen LogP contribution in [-0.2, 0) is 9.53 Å². The molecule has 33 heavy (non-hydrogen) atoms. The number of carbonyl (C=O) groups is 3. The van der Waals surface area contributed by atoms with Gasteiger partial charge in [-0.3, -0.25) is 29.1 Å². The second-order valence-corrected chi connectivity index (χ2v) is 9.22. The third-order valence-corrected chi connectivity index (χ3v) is 7.02. The summed E-state index contributed by atoms with van der Waals surface area (Å²) < 4.78 is 6.41. The predicted molar refractivity (Wildman–Crippen MR) is 126 cm³/mol. The number of aryl methyl sites for hydroxylation is 1. The zero-order valence-corrected chi connectivity index (χ0v) is 19.1. The Balaban J connectivity index is 1.40. The van der Waals surface area contributed by atoms with Crippen LogP contribution < -0.4 is 4.90 Å². The van der Waals surface area contributed by atoms with E-state index < -0.39 is 11.8 Å². The number of nitrogens with zero attached hydrogens (tertiary/aromatic N) is 4. The van der Waals surface area contributed by atoms with Crippen LogP contribution in [0.5, 0.6) is 0 Å². The van der Waals surface area contributed by atoms with Crippen LogP contribution in [0.15, 0.2) is 42.5 Å². The summed E-state index contributed by atoms with van der Waals surface area (Å²) in [5, 5.41) is 0.575. The van der Waals surface area contributed by atoms with E-state index in [0.29, 0.717) is 42.6 Å². The fourth-order valence-corrected chi connectivity index (χ4v) is 5.24. The molecule has 2 aliphatic heterocycles. The molecule has 0 N–H and O–H groups in total. The first-order valence-corrected chi connectivity index (χ1v) is 11.8. The number of fused-ring (bicyclic) bond motifs is 2. The Labute approximate surface area is 195 Å². The van der Waals surface area contributed by atoms with Crippen molar-refractivity contribution in [2.75, 3.05) is 50.8 Å². The summed E-state index contributed by atoms with van der Waals surface area (Å²) in [6.07, 6.45) is 0. The Bertz CT molecular complexity index is 1200. The van der Waals surface area contributed by atoms with Gasteiger partial charge in [0.1, 0.15) is 6.54 Å². The molecular formula is C24H24N4O4S. The van der Waals surface area contributed by atoms with Gasteiger partial charge in [0.25, 0.3) is 11.8 Å². The molecule has 2 aromatic carbocycles. The number of aromatic nitrogens is 1. The van der Waals surface area contributed by atoms with Crippen molar-refractivity contribution in [2.24, 2.45) is 0 Å². The standard InChI is InChI=1S/C24H24N4O4S/c1-16-6-7-19-20(14-16)33-24(25-19)27(9-8-26-10-12-32-13-11-26)21(29)15-28-22(30)17-4-2-3-5-18(17)23(28)31/h2-7,14H,8-13,15H2,1H3. The molecule has 3 aromatic rings. The average molecular weight is 465 g/mol. The zero-order chi connectivity index (χ0) is 22.9. The lowest BCUT2D eigenvalue weighted by Crippen LogP contribution is -2.47. The minimum Gasteiger partial charge on any atom is -0.379 e. The van der Waals surface area contributed by atoms with Crippen molar-refractivity contribution in [3.63, 3.8) is 0 Å². The predicted octanol–water partition coefficient (Wildman–Crippen LogP) is 2.57. The van der Waals surface area contributed by atoms with Crippen LogP contribution in [0.2, 0.25) is 0 Å². The number of benzene rings is 2. The number of morpholine rings is 1. The first kappa shape index (κ1) is 21.7. The zero-order valence-electron chi connectivity index (χ0n) is 18.3. The number of rotatable bonds is 6. The van der Waals surface area contributed by atoms with E-state index in [-0.39, 0.29) is 12.5 Å². The molecule has 1 aromatic heterocycles. The van der Waals surface area contributed by atoms with Crippen LogP contribution in [0.25, 0.3) is 10.2 Å². The summed E-state index contributed by atoms with van der Waals surface area (Å²) in [6.45, 7) is 5.73. The van der Waals surface area contributed by atoms with Crippen molar-refractivity contribution in [3.8, 4) is 0 Å². The van der Waals surface area contributed by atoms with E-state index in [9.17, 15) is 14.4 Å². The maximum absolute atomic E-state index is 13.5. The lowest BCUT2D eigenvalue weighted by atomic mass is 10.1. The van der Waals surface area contributed by atoms with Gasteiger partial charge in [-0.25, -0.2) is 4.98 Å². The molecule has 3 heterocycles. The van der Waals surface area contributed by atoms with Crippen molar-refractivity contribution >= 4 is 44.4 Å². The maximum atomic E-state index is 13.5. The topological polar surface area (TPSA) is 83.1 Å². The molecule has 0 bridgehead atoms. The Morgan fingerprint density at radius 1 is 1.09 bits per heavy atom. The molecule has 2 aliphatic rings. The lowest BCUT2D eigenvalue weighted by Gasteiger charge is -2.29. The summed E-state index contributed by atoms with van der Waals surface area (Å²) in [7, 11) is 0. The number of anilines is 1. The van der Waals surface area contributed by atoms with Crippen LogP contribution in [0.1, 0.15) is 26.3 Å². The van der Waals surface area contributed by atoms with Gasteiger partial charge in [0.2, 0.25) is 5.91 Å². The van der Waals surface area contributed by atoms with E-state index in [1.165, 1.54) is 11.3 Å². The third kappa shape index (κ3) is 4.27. The number of amides is 3. The maximum Gasteiger partial charge on any atom is 0.262 e. The quantitative estimate of drug-likeness (QED) is 0.522. The second-order valence-electron chi connectivity index (χ2n) is 8.21. The number of hydrogen-bond acceptors (Lipinski definition) is 7. The normalized spacial score (nSPS) is 16.5. The highest BCUT2D eigenvalue weighted by atomic mass is 32.1. The van der Waals surface area contributed by atoms with E-state index in [2.05, 4.69) is 9.88 Å². The minimum atomic E-state index is -0.433. The molecule has 0 aliphatic carbocycles. The number of thiazole rings is 1.